The van der Waals surface area contributed by atoms with Crippen LogP contribution in [-0.4, -0.2) is 34.6 Å². The smallest absolute Gasteiger partial charge is 0.180 e. The molecule has 5 nitrogen and oxygen atoms in total. The monoisotopic (exact) mass is 332 g/mol. The molecule has 110 valence electrons. The van der Waals surface area contributed by atoms with Crippen molar-refractivity contribution in [1.29, 1.82) is 0 Å². The molecule has 2 aromatic rings. The van der Waals surface area contributed by atoms with Gasteiger partial charge in [-0.05, 0) is 6.92 Å². The Balaban J connectivity index is 0.00000147. The van der Waals surface area contributed by atoms with Gasteiger partial charge in [0.15, 0.2) is 5.13 Å². The molecule has 0 aromatic carbocycles. The van der Waals surface area contributed by atoms with E-state index in [9.17, 15) is 0 Å². The number of anilines is 1. The number of ether oxygens (including phenoxy) is 1. The Morgan fingerprint density at radius 1 is 1.55 bits per heavy atom. The van der Waals surface area contributed by atoms with Gasteiger partial charge in [0.25, 0.3) is 0 Å². The lowest BCUT2D eigenvalue weighted by atomic mass is 10.2. The van der Waals surface area contributed by atoms with E-state index in [0.717, 1.165) is 30.4 Å². The molecule has 0 bridgehead atoms. The van der Waals surface area contributed by atoms with Gasteiger partial charge >= 0.3 is 0 Å². The van der Waals surface area contributed by atoms with E-state index in [2.05, 4.69) is 20.2 Å². The number of aryl methyl sites for hydroxylation is 1. The zero-order valence-corrected chi connectivity index (χ0v) is 13.6. The molecule has 1 unspecified atom stereocenters. The number of nitrogens with zero attached hydrogens (tertiary/aromatic N) is 3. The van der Waals surface area contributed by atoms with Gasteiger partial charge in [-0.3, -0.25) is 4.90 Å². The summed E-state index contributed by atoms with van der Waals surface area (Å²) in [7, 11) is 0. The van der Waals surface area contributed by atoms with E-state index in [-0.39, 0.29) is 18.4 Å². The number of hydrogen-bond donors (Lipinski definition) is 1. The number of aromatic nitrogens is 2. The number of halogens is 1. The lowest BCUT2D eigenvalue weighted by Gasteiger charge is -2.33. The first-order valence-electron chi connectivity index (χ1n) is 6.16. The molecule has 1 aliphatic heterocycles. The summed E-state index contributed by atoms with van der Waals surface area (Å²) in [5, 5.41) is 3.85. The Labute approximate surface area is 132 Å². The van der Waals surface area contributed by atoms with E-state index in [4.69, 9.17) is 10.5 Å². The summed E-state index contributed by atoms with van der Waals surface area (Å²) < 4.78 is 5.61. The van der Waals surface area contributed by atoms with Gasteiger partial charge in [-0.1, -0.05) is 0 Å². The molecule has 3 rings (SSSR count). The van der Waals surface area contributed by atoms with Crippen LogP contribution in [0.2, 0.25) is 0 Å². The molecule has 0 spiro atoms. The predicted molar refractivity (Wildman–Crippen MR) is 84.6 cm³/mol. The molecule has 20 heavy (non-hydrogen) atoms. The number of hydrogen-bond acceptors (Lipinski definition) is 7. The second kappa shape index (κ2) is 6.82. The lowest BCUT2D eigenvalue weighted by Crippen LogP contribution is -2.38. The highest BCUT2D eigenvalue weighted by molar-refractivity contribution is 7.15. The summed E-state index contributed by atoms with van der Waals surface area (Å²) in [6.45, 7) is 5.29. The lowest BCUT2D eigenvalue weighted by molar-refractivity contribution is -0.0123. The minimum Gasteiger partial charge on any atom is -0.378 e. The fraction of sp³-hybridized carbons (Fsp3) is 0.500. The fourth-order valence-electron chi connectivity index (χ4n) is 2.18. The van der Waals surface area contributed by atoms with Crippen molar-refractivity contribution >= 4 is 40.2 Å². The van der Waals surface area contributed by atoms with Crippen molar-refractivity contribution in [2.75, 3.05) is 25.5 Å². The third-order valence-electron chi connectivity index (χ3n) is 3.09. The second-order valence-electron chi connectivity index (χ2n) is 4.55. The summed E-state index contributed by atoms with van der Waals surface area (Å²) in [6, 6.07) is 0.246. The fourth-order valence-corrected chi connectivity index (χ4v) is 3.80. The number of rotatable bonds is 3. The molecule has 0 amide bonds. The highest BCUT2D eigenvalue weighted by Gasteiger charge is 2.27. The van der Waals surface area contributed by atoms with Crippen LogP contribution in [0.15, 0.2) is 11.6 Å². The first-order chi connectivity index (χ1) is 9.22. The molecular weight excluding hydrogens is 316 g/mol. The van der Waals surface area contributed by atoms with Crippen molar-refractivity contribution in [3.63, 3.8) is 0 Å². The molecular formula is C12H17ClN4OS2. The van der Waals surface area contributed by atoms with Crippen molar-refractivity contribution in [2.45, 2.75) is 19.5 Å². The molecule has 1 aliphatic rings. The van der Waals surface area contributed by atoms with Gasteiger partial charge in [0, 0.05) is 35.2 Å². The topological polar surface area (TPSA) is 64.3 Å². The van der Waals surface area contributed by atoms with Crippen LogP contribution in [0.3, 0.4) is 0 Å². The van der Waals surface area contributed by atoms with Crippen molar-refractivity contribution in [3.8, 4) is 0 Å². The van der Waals surface area contributed by atoms with Gasteiger partial charge in [0.05, 0.1) is 19.3 Å². The molecule has 2 N–H and O–H groups in total. The minimum atomic E-state index is 0. The predicted octanol–water partition coefficient (Wildman–Crippen LogP) is 2.49. The Bertz CT molecular complexity index is 559. The molecule has 0 aliphatic carbocycles. The van der Waals surface area contributed by atoms with Gasteiger partial charge in [0.2, 0.25) is 0 Å². The average Bonchev–Trinajstić information content (AvgIpc) is 2.99. The molecule has 0 saturated carbocycles. The largest absolute Gasteiger partial charge is 0.378 e. The molecule has 2 aromatic heterocycles. The molecule has 1 saturated heterocycles. The first kappa shape index (κ1) is 15.7. The zero-order valence-electron chi connectivity index (χ0n) is 11.1. The third kappa shape index (κ3) is 3.48. The number of nitrogen functional groups attached to an aromatic ring is 1. The Morgan fingerprint density at radius 2 is 2.40 bits per heavy atom. The SMILES string of the molecule is Cc1csc(C2COCCN2Cc2cnc(N)s2)n1.Cl. The normalized spacial score (nSPS) is 19.8. The maximum Gasteiger partial charge on any atom is 0.180 e. The van der Waals surface area contributed by atoms with E-state index in [0.29, 0.717) is 11.7 Å². The highest BCUT2D eigenvalue weighted by Crippen LogP contribution is 2.29. The van der Waals surface area contributed by atoms with Crippen LogP contribution < -0.4 is 5.73 Å². The first-order valence-corrected chi connectivity index (χ1v) is 7.86. The quantitative estimate of drug-likeness (QED) is 0.935. The van der Waals surface area contributed by atoms with Gasteiger partial charge in [-0.15, -0.1) is 35.1 Å². The van der Waals surface area contributed by atoms with Crippen molar-refractivity contribution in [1.82, 2.24) is 14.9 Å². The van der Waals surface area contributed by atoms with Gasteiger partial charge in [-0.25, -0.2) is 9.97 Å². The molecule has 1 fully saturated rings. The third-order valence-corrected chi connectivity index (χ3v) is 4.97. The number of nitrogens with two attached hydrogens (primary N) is 1. The molecule has 0 radical (unpaired) electrons. The van der Waals surface area contributed by atoms with Crippen LogP contribution in [0, 0.1) is 6.92 Å². The van der Waals surface area contributed by atoms with Crippen molar-refractivity contribution in [3.05, 3.63) is 27.2 Å². The zero-order chi connectivity index (χ0) is 13.2. The Hall–Kier alpha value is -0.730. The average molecular weight is 333 g/mol. The van der Waals surface area contributed by atoms with E-state index in [1.807, 2.05) is 13.1 Å². The van der Waals surface area contributed by atoms with Gasteiger partial charge in [-0.2, -0.15) is 0 Å². The number of thiazole rings is 2. The minimum absolute atomic E-state index is 0. The van der Waals surface area contributed by atoms with Crippen LogP contribution in [-0.2, 0) is 11.3 Å². The van der Waals surface area contributed by atoms with E-state index < -0.39 is 0 Å². The summed E-state index contributed by atoms with van der Waals surface area (Å²) in [6.07, 6.45) is 1.86. The summed E-state index contributed by atoms with van der Waals surface area (Å²) >= 11 is 3.26. The van der Waals surface area contributed by atoms with Crippen LogP contribution in [0.25, 0.3) is 0 Å². The highest BCUT2D eigenvalue weighted by atomic mass is 35.5. The molecule has 8 heteroatoms. The summed E-state index contributed by atoms with van der Waals surface area (Å²) in [5.41, 5.74) is 6.76. The number of morpholine rings is 1. The standard InChI is InChI=1S/C12H16N4OS2.ClH/c1-8-7-18-11(15-8)10-6-17-3-2-16(10)5-9-4-14-12(13)19-9;/h4,7,10H,2-3,5-6H2,1H3,(H2,13,14);1H. The van der Waals surface area contributed by atoms with Crippen LogP contribution in [0.4, 0.5) is 5.13 Å². The maximum absolute atomic E-state index is 5.69. The van der Waals surface area contributed by atoms with Crippen molar-refractivity contribution in [2.24, 2.45) is 0 Å². The van der Waals surface area contributed by atoms with E-state index in [1.165, 1.54) is 4.88 Å². The Morgan fingerprint density at radius 3 is 3.05 bits per heavy atom. The van der Waals surface area contributed by atoms with Crippen LogP contribution >= 0.6 is 35.1 Å². The summed E-state index contributed by atoms with van der Waals surface area (Å²) in [4.78, 5) is 12.3. The van der Waals surface area contributed by atoms with Crippen LogP contribution in [0.1, 0.15) is 21.6 Å². The molecule has 3 heterocycles. The van der Waals surface area contributed by atoms with E-state index in [1.54, 1.807) is 22.7 Å². The summed E-state index contributed by atoms with van der Waals surface area (Å²) in [5.74, 6) is 0. The van der Waals surface area contributed by atoms with Crippen molar-refractivity contribution < 1.29 is 4.74 Å². The Kier molecular flexibility index (Phi) is 5.34. The van der Waals surface area contributed by atoms with Crippen LogP contribution in [0.5, 0.6) is 0 Å². The van der Waals surface area contributed by atoms with Gasteiger partial charge in [0.1, 0.15) is 5.01 Å². The second-order valence-corrected chi connectivity index (χ2v) is 6.59. The van der Waals surface area contributed by atoms with E-state index >= 15 is 0 Å². The maximum atomic E-state index is 5.69. The van der Waals surface area contributed by atoms with Gasteiger partial charge < -0.3 is 10.5 Å². The molecule has 1 atom stereocenters.